The third-order valence-electron chi connectivity index (χ3n) is 10.5. The minimum absolute atomic E-state index is 0. The van der Waals surface area contributed by atoms with E-state index in [0.29, 0.717) is 34.5 Å². The van der Waals surface area contributed by atoms with E-state index in [1.165, 1.54) is 27.4 Å². The van der Waals surface area contributed by atoms with Crippen molar-refractivity contribution in [3.05, 3.63) is 73.8 Å². The monoisotopic (exact) mass is 796 g/mol. The molecule has 4 aromatic carbocycles. The number of benzene rings is 3. The summed E-state index contributed by atoms with van der Waals surface area (Å²) in [5, 5.41) is 4.54. The number of rotatable bonds is 10. The minimum atomic E-state index is -3.58. The maximum absolute atomic E-state index is 6.46. The molecule has 0 fully saturated rings. The Balaban J connectivity index is 0.00000600. The van der Waals surface area contributed by atoms with E-state index in [1.54, 1.807) is 42.7 Å². The molecule has 11 heteroatoms. The zero-order chi connectivity index (χ0) is 34.4. The van der Waals surface area contributed by atoms with Gasteiger partial charge in [0.15, 0.2) is 42.6 Å². The summed E-state index contributed by atoms with van der Waals surface area (Å²) < 4.78 is 37.7. The molecular weight excluding hydrogens is 747 g/mol. The van der Waals surface area contributed by atoms with Crippen molar-refractivity contribution in [2.75, 3.05) is 42.7 Å². The van der Waals surface area contributed by atoms with E-state index < -0.39 is 8.07 Å². The summed E-state index contributed by atoms with van der Waals surface area (Å²) in [5.41, 5.74) is 11.7. The Morgan fingerprint density at radius 3 is 0.920 bits per heavy atom. The van der Waals surface area contributed by atoms with Gasteiger partial charge in [-0.05, 0) is 93.1 Å². The number of methoxy groups -OCH3 is 6. The molecule has 0 radical (unpaired) electrons. The van der Waals surface area contributed by atoms with Gasteiger partial charge in [0.05, 0.1) is 42.7 Å². The maximum Gasteiger partial charge on any atom is 4.00 e. The maximum atomic E-state index is 6.46. The van der Waals surface area contributed by atoms with Gasteiger partial charge in [-0.3, -0.25) is 0 Å². The molecule has 0 saturated heterocycles. The number of halogens is 3. The first-order chi connectivity index (χ1) is 21.7. The van der Waals surface area contributed by atoms with Crippen LogP contribution in [0.1, 0.15) is 55.6 Å². The molecule has 0 aliphatic heterocycles. The number of ether oxygens (including phenoxy) is 6. The summed E-state index contributed by atoms with van der Waals surface area (Å²) in [6, 6.07) is 6.21. The number of aryl methyl sites for hydroxylation is 3. The zero-order valence-electron chi connectivity index (χ0n) is 32.3. The van der Waals surface area contributed by atoms with Gasteiger partial charge in [-0.25, -0.2) is 0 Å². The zero-order valence-corrected chi connectivity index (χ0v) is 37.1. The van der Waals surface area contributed by atoms with E-state index in [0.717, 1.165) is 48.9 Å². The third kappa shape index (κ3) is 7.03. The van der Waals surface area contributed by atoms with Crippen LogP contribution >= 0.6 is 0 Å². The van der Waals surface area contributed by atoms with Crippen molar-refractivity contribution in [1.82, 2.24) is 0 Å². The topological polar surface area (TPSA) is 55.4 Å². The molecular formula is C39H51Cl3O6SiTi. The van der Waals surface area contributed by atoms with Gasteiger partial charge < -0.3 is 65.6 Å². The second kappa shape index (κ2) is 18.4. The van der Waals surface area contributed by atoms with Crippen LogP contribution in [-0.4, -0.2) is 50.7 Å². The third-order valence-corrected chi connectivity index (χ3v) is 16.1. The smallest absolute Gasteiger partial charge is 1.00 e. The molecule has 0 heterocycles. The number of hydrogen-bond acceptors (Lipinski definition) is 6. The van der Waals surface area contributed by atoms with Gasteiger partial charge in [0.2, 0.25) is 0 Å². The normalized spacial score (nSPS) is 10.6. The summed E-state index contributed by atoms with van der Waals surface area (Å²) in [7, 11) is 6.73. The molecule has 6 nitrogen and oxygen atoms in total. The van der Waals surface area contributed by atoms with Gasteiger partial charge in [0.1, 0.15) is 0 Å². The van der Waals surface area contributed by atoms with Crippen molar-refractivity contribution in [3.8, 4) is 34.5 Å². The molecule has 272 valence electrons. The molecule has 0 spiro atoms. The Hall–Kier alpha value is -2.39. The van der Waals surface area contributed by atoms with Crippen molar-refractivity contribution in [3.63, 3.8) is 0 Å². The van der Waals surface area contributed by atoms with Crippen molar-refractivity contribution >= 4 is 28.8 Å². The Labute approximate surface area is 334 Å². The van der Waals surface area contributed by atoms with Gasteiger partial charge in [0.25, 0.3) is 0 Å². The first-order valence-electron chi connectivity index (χ1n) is 15.7. The van der Waals surface area contributed by atoms with E-state index in [9.17, 15) is 0 Å². The molecule has 0 amide bonds. The minimum Gasteiger partial charge on any atom is -1.00 e. The van der Waals surface area contributed by atoms with Gasteiger partial charge >= 0.3 is 21.7 Å². The van der Waals surface area contributed by atoms with E-state index in [2.05, 4.69) is 87.4 Å². The predicted molar refractivity (Wildman–Crippen MR) is 192 cm³/mol. The summed E-state index contributed by atoms with van der Waals surface area (Å²) >= 11 is 0. The van der Waals surface area contributed by atoms with Crippen LogP contribution in [0.15, 0.2) is 18.2 Å². The van der Waals surface area contributed by atoms with Crippen LogP contribution in [-0.2, 0) is 21.7 Å². The molecule has 0 unspecified atom stereocenters. The SMILES string of the molecule is COc1cc(C)c(C)c([Si](c2c(C)c(C)cc(OC)c2OC)(c2c(C)c(C)cc(OC)c2OC)c2c(C)c(C)c(C)[c-]2C)c1OC.[Cl-].[Cl-].[Cl-].[Ti+4]. The van der Waals surface area contributed by atoms with Crippen LogP contribution in [0, 0.1) is 69.2 Å². The largest absolute Gasteiger partial charge is 4.00 e. The Bertz CT molecular complexity index is 1650. The fourth-order valence-electron chi connectivity index (χ4n) is 7.53. The fourth-order valence-corrected chi connectivity index (χ4v) is 14.5. The van der Waals surface area contributed by atoms with E-state index >= 15 is 0 Å². The first kappa shape index (κ1) is 47.6. The van der Waals surface area contributed by atoms with E-state index in [-0.39, 0.29) is 58.9 Å². The van der Waals surface area contributed by atoms with Crippen LogP contribution in [0.2, 0.25) is 0 Å². The Morgan fingerprint density at radius 2 is 0.720 bits per heavy atom. The van der Waals surface area contributed by atoms with Gasteiger partial charge in [0, 0.05) is 15.6 Å². The van der Waals surface area contributed by atoms with Crippen molar-refractivity contribution in [1.29, 1.82) is 0 Å². The molecule has 0 aliphatic carbocycles. The molecule has 0 aromatic heterocycles. The molecule has 4 rings (SSSR count). The summed E-state index contributed by atoms with van der Waals surface area (Å²) in [4.78, 5) is 0. The first-order valence-corrected chi connectivity index (χ1v) is 17.7. The summed E-state index contributed by atoms with van der Waals surface area (Å²) in [6.45, 7) is 22.0. The molecule has 50 heavy (non-hydrogen) atoms. The van der Waals surface area contributed by atoms with E-state index in [4.69, 9.17) is 28.4 Å². The Morgan fingerprint density at radius 1 is 0.440 bits per heavy atom. The fraction of sp³-hybridized carbons (Fsp3) is 0.410. The summed E-state index contributed by atoms with van der Waals surface area (Å²) in [6.07, 6.45) is 0. The molecule has 0 bridgehead atoms. The van der Waals surface area contributed by atoms with Crippen molar-refractivity contribution in [2.24, 2.45) is 0 Å². The van der Waals surface area contributed by atoms with Gasteiger partial charge in [-0.15, -0.1) is 0 Å². The van der Waals surface area contributed by atoms with Crippen LogP contribution in [0.3, 0.4) is 0 Å². The van der Waals surface area contributed by atoms with Crippen molar-refractivity contribution < 1.29 is 87.4 Å². The number of hydrogen-bond donors (Lipinski definition) is 0. The predicted octanol–water partition coefficient (Wildman–Crippen LogP) is -3.07. The van der Waals surface area contributed by atoms with Gasteiger partial charge in [-0.1, -0.05) is 27.7 Å². The van der Waals surface area contributed by atoms with Crippen LogP contribution in [0.5, 0.6) is 34.5 Å². The van der Waals surface area contributed by atoms with Crippen LogP contribution in [0.4, 0.5) is 0 Å². The average Bonchev–Trinajstić information content (AvgIpc) is 3.24. The standard InChI is InChI=1S/C39H51O6Si.3ClH.Ti/c1-20-17-30(40-11)33(43-14)37(23(20)4)46(36-28(9)26(7)27(8)29(36)10,38-24(5)21(2)18-31(41-12)34(38)44-15)39-25(6)22(3)19-32(42-13)35(39)45-16;;;;/h17-19H,1-16H3;3*1H;/q-1;;;;+4/p-3. The van der Waals surface area contributed by atoms with Gasteiger partial charge in [-0.2, -0.15) is 27.4 Å². The molecule has 4 aromatic rings. The molecule has 0 N–H and O–H groups in total. The molecule has 0 aliphatic rings. The Kier molecular flexibility index (Phi) is 17.5. The average molecular weight is 798 g/mol. The van der Waals surface area contributed by atoms with Crippen LogP contribution < -0.4 is 86.4 Å². The quantitative estimate of drug-likeness (QED) is 0.0967. The second-order valence-corrected chi connectivity index (χ2v) is 15.9. The molecule has 0 atom stereocenters. The molecule has 0 saturated carbocycles. The van der Waals surface area contributed by atoms with Crippen molar-refractivity contribution in [2.45, 2.75) is 69.2 Å². The summed E-state index contributed by atoms with van der Waals surface area (Å²) in [5.74, 6) is 4.16. The van der Waals surface area contributed by atoms with E-state index in [1.807, 2.05) is 0 Å². The second-order valence-electron chi connectivity index (χ2n) is 12.4. The van der Waals surface area contributed by atoms with Crippen LogP contribution in [0.25, 0.3) is 0 Å².